The van der Waals surface area contributed by atoms with Gasteiger partial charge in [-0.25, -0.2) is 4.98 Å². The summed E-state index contributed by atoms with van der Waals surface area (Å²) >= 11 is 0. The summed E-state index contributed by atoms with van der Waals surface area (Å²) in [6.07, 6.45) is 1.67. The van der Waals surface area contributed by atoms with Crippen molar-refractivity contribution in [2.45, 2.75) is 46.5 Å². The molecule has 0 spiro atoms. The lowest BCUT2D eigenvalue weighted by atomic mass is 9.99. The molecule has 1 aliphatic heterocycles. The standard InChI is InChI=1S/C15H22N2O/c1-10(2)14-8-11(3)15(16-12(14)4)17-7-5-6-13(18)9-17/h8,10H,5-7,9H2,1-4H3. The van der Waals surface area contributed by atoms with Gasteiger partial charge in [-0.1, -0.05) is 19.9 Å². The number of aryl methyl sites for hydroxylation is 2. The highest BCUT2D eigenvalue weighted by atomic mass is 16.1. The molecule has 98 valence electrons. The minimum Gasteiger partial charge on any atom is -0.349 e. The van der Waals surface area contributed by atoms with Gasteiger partial charge in [0, 0.05) is 18.7 Å². The van der Waals surface area contributed by atoms with Crippen LogP contribution in [0.5, 0.6) is 0 Å². The number of hydrogen-bond acceptors (Lipinski definition) is 3. The van der Waals surface area contributed by atoms with Crippen LogP contribution < -0.4 is 4.90 Å². The van der Waals surface area contributed by atoms with Crippen LogP contribution in [0.1, 0.15) is 49.4 Å². The van der Waals surface area contributed by atoms with E-state index in [4.69, 9.17) is 4.98 Å². The van der Waals surface area contributed by atoms with Crippen molar-refractivity contribution < 1.29 is 4.79 Å². The Balaban J connectivity index is 2.34. The number of rotatable bonds is 2. The maximum Gasteiger partial charge on any atom is 0.152 e. The third-order valence-corrected chi connectivity index (χ3v) is 3.59. The number of carbonyl (C=O) groups is 1. The third-order valence-electron chi connectivity index (χ3n) is 3.59. The molecule has 1 aromatic rings. The molecule has 0 saturated carbocycles. The zero-order valence-electron chi connectivity index (χ0n) is 11.8. The van der Waals surface area contributed by atoms with Crippen molar-refractivity contribution in [1.29, 1.82) is 0 Å². The number of hydrogen-bond donors (Lipinski definition) is 0. The van der Waals surface area contributed by atoms with Crippen molar-refractivity contribution in [3.05, 3.63) is 22.9 Å². The summed E-state index contributed by atoms with van der Waals surface area (Å²) in [6.45, 7) is 9.99. The van der Waals surface area contributed by atoms with E-state index in [1.165, 1.54) is 11.1 Å². The van der Waals surface area contributed by atoms with Crippen LogP contribution in [0, 0.1) is 13.8 Å². The summed E-state index contributed by atoms with van der Waals surface area (Å²) < 4.78 is 0. The van der Waals surface area contributed by atoms with Crippen LogP contribution in [0.2, 0.25) is 0 Å². The van der Waals surface area contributed by atoms with Crippen LogP contribution in [0.25, 0.3) is 0 Å². The molecule has 0 radical (unpaired) electrons. The van der Waals surface area contributed by atoms with Gasteiger partial charge in [0.25, 0.3) is 0 Å². The summed E-state index contributed by atoms with van der Waals surface area (Å²) in [7, 11) is 0. The minimum atomic E-state index is 0.327. The van der Waals surface area contributed by atoms with E-state index in [0.29, 0.717) is 18.2 Å². The fourth-order valence-electron chi connectivity index (χ4n) is 2.64. The van der Waals surface area contributed by atoms with Crippen molar-refractivity contribution in [3.8, 4) is 0 Å². The molecule has 1 aromatic heterocycles. The van der Waals surface area contributed by atoms with E-state index in [9.17, 15) is 4.79 Å². The fourth-order valence-corrected chi connectivity index (χ4v) is 2.64. The quantitative estimate of drug-likeness (QED) is 0.804. The Hall–Kier alpha value is -1.38. The molecule has 1 saturated heterocycles. The van der Waals surface area contributed by atoms with Crippen LogP contribution in [0.4, 0.5) is 5.82 Å². The highest BCUT2D eigenvalue weighted by Crippen LogP contribution is 2.26. The van der Waals surface area contributed by atoms with Gasteiger partial charge in [0.1, 0.15) is 5.82 Å². The summed E-state index contributed by atoms with van der Waals surface area (Å²) in [6, 6.07) is 2.22. The van der Waals surface area contributed by atoms with Crippen LogP contribution in [-0.4, -0.2) is 23.9 Å². The molecular weight excluding hydrogens is 224 g/mol. The molecule has 0 aliphatic carbocycles. The molecule has 0 unspecified atom stereocenters. The molecule has 3 nitrogen and oxygen atoms in total. The zero-order valence-corrected chi connectivity index (χ0v) is 11.8. The Bertz CT molecular complexity index is 466. The Morgan fingerprint density at radius 1 is 1.33 bits per heavy atom. The van der Waals surface area contributed by atoms with E-state index in [1.54, 1.807) is 0 Å². The molecule has 2 rings (SSSR count). The number of carbonyl (C=O) groups excluding carboxylic acids is 1. The molecule has 3 heteroatoms. The third kappa shape index (κ3) is 2.55. The Labute approximate surface area is 109 Å². The van der Waals surface area contributed by atoms with Crippen molar-refractivity contribution in [2.24, 2.45) is 0 Å². The number of piperidine rings is 1. The van der Waals surface area contributed by atoms with Crippen LogP contribution in [0.3, 0.4) is 0 Å². The summed E-state index contributed by atoms with van der Waals surface area (Å²) in [5.74, 6) is 1.81. The number of anilines is 1. The Kier molecular flexibility index (Phi) is 3.69. The second kappa shape index (κ2) is 5.09. The molecule has 1 fully saturated rings. The number of pyridine rings is 1. The van der Waals surface area contributed by atoms with E-state index in [-0.39, 0.29) is 0 Å². The van der Waals surface area contributed by atoms with Crippen LogP contribution in [0.15, 0.2) is 6.07 Å². The van der Waals surface area contributed by atoms with Crippen molar-refractivity contribution in [1.82, 2.24) is 4.98 Å². The lowest BCUT2D eigenvalue weighted by Crippen LogP contribution is -2.36. The average Bonchev–Trinajstić information content (AvgIpc) is 2.31. The van der Waals surface area contributed by atoms with Gasteiger partial charge in [0.2, 0.25) is 0 Å². The first kappa shape index (κ1) is 13.1. The van der Waals surface area contributed by atoms with Gasteiger partial charge in [-0.15, -0.1) is 0 Å². The van der Waals surface area contributed by atoms with E-state index in [2.05, 4.69) is 38.7 Å². The largest absolute Gasteiger partial charge is 0.349 e. The lowest BCUT2D eigenvalue weighted by molar-refractivity contribution is -0.118. The Morgan fingerprint density at radius 2 is 2.06 bits per heavy atom. The predicted molar refractivity (Wildman–Crippen MR) is 74.3 cm³/mol. The Morgan fingerprint density at radius 3 is 2.67 bits per heavy atom. The maximum absolute atomic E-state index is 11.5. The van der Waals surface area contributed by atoms with Crippen LogP contribution in [-0.2, 0) is 4.79 Å². The lowest BCUT2D eigenvalue weighted by Gasteiger charge is -2.29. The summed E-state index contributed by atoms with van der Waals surface area (Å²) in [5.41, 5.74) is 3.57. The molecule has 0 N–H and O–H groups in total. The topological polar surface area (TPSA) is 33.2 Å². The molecule has 18 heavy (non-hydrogen) atoms. The van der Waals surface area contributed by atoms with E-state index in [1.807, 2.05) is 0 Å². The molecule has 0 atom stereocenters. The molecule has 1 aliphatic rings. The minimum absolute atomic E-state index is 0.327. The highest BCUT2D eigenvalue weighted by molar-refractivity contribution is 5.84. The molecule has 0 amide bonds. The van der Waals surface area contributed by atoms with E-state index >= 15 is 0 Å². The predicted octanol–water partition coefficient (Wildman–Crippen LogP) is 2.99. The van der Waals surface area contributed by atoms with Gasteiger partial charge in [-0.3, -0.25) is 4.79 Å². The summed E-state index contributed by atoms with van der Waals surface area (Å²) in [4.78, 5) is 18.4. The van der Waals surface area contributed by atoms with E-state index < -0.39 is 0 Å². The second-order valence-corrected chi connectivity index (χ2v) is 5.52. The van der Waals surface area contributed by atoms with Crippen molar-refractivity contribution in [2.75, 3.05) is 18.0 Å². The SMILES string of the molecule is Cc1cc(C(C)C)c(C)nc1N1CCCC(=O)C1. The normalized spacial score (nSPS) is 16.5. The van der Waals surface area contributed by atoms with Gasteiger partial charge in [-0.05, 0) is 37.3 Å². The number of ketones is 1. The van der Waals surface area contributed by atoms with E-state index in [0.717, 1.165) is 30.9 Å². The summed E-state index contributed by atoms with van der Waals surface area (Å²) in [5, 5.41) is 0. The first-order valence-corrected chi connectivity index (χ1v) is 6.74. The number of nitrogens with zero attached hydrogens (tertiary/aromatic N) is 2. The molecule has 2 heterocycles. The van der Waals surface area contributed by atoms with Gasteiger partial charge in [0.15, 0.2) is 5.78 Å². The monoisotopic (exact) mass is 246 g/mol. The highest BCUT2D eigenvalue weighted by Gasteiger charge is 2.20. The van der Waals surface area contributed by atoms with Gasteiger partial charge in [-0.2, -0.15) is 0 Å². The molecule has 0 aromatic carbocycles. The van der Waals surface area contributed by atoms with Crippen molar-refractivity contribution >= 4 is 11.6 Å². The van der Waals surface area contributed by atoms with Crippen molar-refractivity contribution in [3.63, 3.8) is 0 Å². The van der Waals surface area contributed by atoms with Gasteiger partial charge >= 0.3 is 0 Å². The fraction of sp³-hybridized carbons (Fsp3) is 0.600. The maximum atomic E-state index is 11.5. The second-order valence-electron chi connectivity index (χ2n) is 5.52. The first-order valence-electron chi connectivity index (χ1n) is 6.74. The zero-order chi connectivity index (χ0) is 13.3. The number of aromatic nitrogens is 1. The van der Waals surface area contributed by atoms with Gasteiger partial charge < -0.3 is 4.90 Å². The van der Waals surface area contributed by atoms with Gasteiger partial charge in [0.05, 0.1) is 6.54 Å². The molecule has 0 bridgehead atoms. The van der Waals surface area contributed by atoms with Crippen LogP contribution >= 0.6 is 0 Å². The molecular formula is C15H22N2O. The average molecular weight is 246 g/mol. The smallest absolute Gasteiger partial charge is 0.152 e. The first-order chi connectivity index (χ1) is 8.49. The number of Topliss-reactive ketones (excluding diaryl/α,β-unsaturated/α-hetero) is 1.